The van der Waals surface area contributed by atoms with Gasteiger partial charge in [0.2, 0.25) is 11.6 Å². The first-order chi connectivity index (χ1) is 10.5. The highest BCUT2D eigenvalue weighted by atomic mass is 16.6. The SMILES string of the molecule is COc1ccc2c(c1)O/C(=C\c1ncc([N+](=O)[O-])n1C)C2=O. The second-order valence-electron chi connectivity index (χ2n) is 4.59. The Bertz CT molecular complexity index is 822. The molecular formula is C14H11N3O5. The highest BCUT2D eigenvalue weighted by Gasteiger charge is 2.29. The molecule has 0 N–H and O–H groups in total. The van der Waals surface area contributed by atoms with Gasteiger partial charge in [-0.15, -0.1) is 0 Å². The normalized spacial score (nSPS) is 14.8. The van der Waals surface area contributed by atoms with Crippen molar-refractivity contribution < 1.29 is 19.2 Å². The number of hydrogen-bond acceptors (Lipinski definition) is 6. The standard InChI is InChI=1S/C14H11N3O5/c1-16-12(15-7-13(16)17(19)20)6-11-14(18)9-4-3-8(21-2)5-10(9)22-11/h3-7H,1-2H3/b11-6-. The fourth-order valence-corrected chi connectivity index (χ4v) is 2.13. The van der Waals surface area contributed by atoms with Gasteiger partial charge in [0.05, 0.1) is 25.8 Å². The minimum atomic E-state index is -0.550. The summed E-state index contributed by atoms with van der Waals surface area (Å²) in [5, 5.41) is 10.8. The van der Waals surface area contributed by atoms with Crippen molar-refractivity contribution in [2.24, 2.45) is 7.05 Å². The van der Waals surface area contributed by atoms with Gasteiger partial charge >= 0.3 is 5.82 Å². The Morgan fingerprint density at radius 3 is 2.86 bits per heavy atom. The first-order valence-electron chi connectivity index (χ1n) is 6.29. The van der Waals surface area contributed by atoms with Gasteiger partial charge in [0, 0.05) is 6.07 Å². The lowest BCUT2D eigenvalue weighted by Gasteiger charge is -2.01. The molecule has 0 fully saturated rings. The summed E-state index contributed by atoms with van der Waals surface area (Å²) in [5.74, 6) is 0.807. The molecule has 0 aliphatic carbocycles. The first-order valence-corrected chi connectivity index (χ1v) is 6.29. The molecule has 2 aromatic rings. The van der Waals surface area contributed by atoms with Crippen molar-refractivity contribution >= 4 is 17.7 Å². The summed E-state index contributed by atoms with van der Waals surface area (Å²) in [6.45, 7) is 0. The number of rotatable bonds is 3. The molecule has 0 amide bonds. The number of fused-ring (bicyclic) bond motifs is 1. The average Bonchev–Trinajstić information content (AvgIpc) is 3.01. The van der Waals surface area contributed by atoms with Crippen LogP contribution in [0.5, 0.6) is 11.5 Å². The van der Waals surface area contributed by atoms with E-state index in [-0.39, 0.29) is 23.2 Å². The average molecular weight is 301 g/mol. The molecule has 1 aromatic heterocycles. The van der Waals surface area contributed by atoms with E-state index in [0.717, 1.165) is 6.20 Å². The van der Waals surface area contributed by atoms with Crippen LogP contribution < -0.4 is 9.47 Å². The molecule has 1 aliphatic heterocycles. The van der Waals surface area contributed by atoms with Crippen molar-refractivity contribution in [1.29, 1.82) is 0 Å². The molecule has 0 unspecified atom stereocenters. The van der Waals surface area contributed by atoms with E-state index in [0.29, 0.717) is 17.1 Å². The summed E-state index contributed by atoms with van der Waals surface area (Å²) >= 11 is 0. The topological polar surface area (TPSA) is 96.5 Å². The predicted octanol–water partition coefficient (Wildman–Crippen LogP) is 1.95. The van der Waals surface area contributed by atoms with Crippen LogP contribution >= 0.6 is 0 Å². The molecule has 0 spiro atoms. The van der Waals surface area contributed by atoms with E-state index in [9.17, 15) is 14.9 Å². The number of hydrogen-bond donors (Lipinski definition) is 0. The molecule has 8 heteroatoms. The van der Waals surface area contributed by atoms with E-state index in [1.165, 1.54) is 24.8 Å². The van der Waals surface area contributed by atoms with Gasteiger partial charge in [0.15, 0.2) is 5.76 Å². The molecular weight excluding hydrogens is 290 g/mol. The summed E-state index contributed by atoms with van der Waals surface area (Å²) < 4.78 is 11.8. The number of carbonyl (C=O) groups excluding carboxylic acids is 1. The molecule has 8 nitrogen and oxygen atoms in total. The lowest BCUT2D eigenvalue weighted by Crippen LogP contribution is -2.02. The van der Waals surface area contributed by atoms with Gasteiger partial charge < -0.3 is 19.6 Å². The van der Waals surface area contributed by atoms with Crippen molar-refractivity contribution in [3.8, 4) is 11.5 Å². The van der Waals surface area contributed by atoms with E-state index < -0.39 is 4.92 Å². The van der Waals surface area contributed by atoms with Crippen molar-refractivity contribution in [2.45, 2.75) is 0 Å². The lowest BCUT2D eigenvalue weighted by molar-refractivity contribution is -0.391. The third-order valence-electron chi connectivity index (χ3n) is 3.32. The van der Waals surface area contributed by atoms with Gasteiger partial charge in [-0.1, -0.05) is 0 Å². The Morgan fingerprint density at radius 2 is 2.23 bits per heavy atom. The zero-order chi connectivity index (χ0) is 15.9. The summed E-state index contributed by atoms with van der Waals surface area (Å²) in [5.41, 5.74) is 0.413. The van der Waals surface area contributed by atoms with Crippen molar-refractivity contribution in [2.75, 3.05) is 7.11 Å². The van der Waals surface area contributed by atoms with Crippen LogP contribution in [0.4, 0.5) is 5.82 Å². The number of ketones is 1. The Kier molecular flexibility index (Phi) is 3.13. The van der Waals surface area contributed by atoms with E-state index in [1.54, 1.807) is 18.2 Å². The summed E-state index contributed by atoms with van der Waals surface area (Å²) in [4.78, 5) is 26.4. The third kappa shape index (κ3) is 2.10. The van der Waals surface area contributed by atoms with Crippen LogP contribution in [0.15, 0.2) is 30.2 Å². The summed E-state index contributed by atoms with van der Waals surface area (Å²) in [6.07, 6.45) is 2.50. The Hall–Kier alpha value is -3.16. The number of ether oxygens (including phenoxy) is 2. The maximum atomic E-state index is 12.2. The van der Waals surface area contributed by atoms with Gasteiger partial charge in [0.25, 0.3) is 0 Å². The van der Waals surface area contributed by atoms with Gasteiger partial charge in [-0.3, -0.25) is 4.79 Å². The van der Waals surface area contributed by atoms with Crippen LogP contribution in [0.25, 0.3) is 6.08 Å². The van der Waals surface area contributed by atoms with Crippen LogP contribution in [0, 0.1) is 10.1 Å². The number of allylic oxidation sites excluding steroid dienone is 1. The number of nitrogens with zero attached hydrogens (tertiary/aromatic N) is 3. The zero-order valence-electron chi connectivity index (χ0n) is 11.8. The highest BCUT2D eigenvalue weighted by molar-refractivity contribution is 6.14. The van der Waals surface area contributed by atoms with Gasteiger partial charge in [-0.25, -0.2) is 9.55 Å². The maximum Gasteiger partial charge on any atom is 0.342 e. The van der Waals surface area contributed by atoms with Crippen molar-refractivity contribution in [1.82, 2.24) is 9.55 Å². The Balaban J connectivity index is 1.97. The Morgan fingerprint density at radius 1 is 1.45 bits per heavy atom. The van der Waals surface area contributed by atoms with Gasteiger partial charge in [-0.2, -0.15) is 0 Å². The van der Waals surface area contributed by atoms with Crippen LogP contribution in [0.1, 0.15) is 16.2 Å². The monoisotopic (exact) mass is 301 g/mol. The minimum absolute atomic E-state index is 0.0619. The van der Waals surface area contributed by atoms with Gasteiger partial charge in [-0.05, 0) is 17.1 Å². The number of benzene rings is 1. The molecule has 2 heterocycles. The number of Topliss-reactive ketones (excluding diaryl/α,β-unsaturated/α-hetero) is 1. The maximum absolute atomic E-state index is 12.2. The number of aromatic nitrogens is 2. The second-order valence-corrected chi connectivity index (χ2v) is 4.59. The van der Waals surface area contributed by atoms with Gasteiger partial charge in [0.1, 0.15) is 17.7 Å². The molecule has 1 aromatic carbocycles. The smallest absolute Gasteiger partial charge is 0.342 e. The second kappa shape index (κ2) is 4.99. The fraction of sp³-hybridized carbons (Fsp3) is 0.143. The number of nitro groups is 1. The number of imidazole rings is 1. The first kappa shape index (κ1) is 13.8. The van der Waals surface area contributed by atoms with Crippen LogP contribution in [-0.2, 0) is 7.05 Å². The molecule has 22 heavy (non-hydrogen) atoms. The number of carbonyl (C=O) groups is 1. The lowest BCUT2D eigenvalue weighted by atomic mass is 10.1. The van der Waals surface area contributed by atoms with E-state index in [2.05, 4.69) is 4.98 Å². The molecule has 0 radical (unpaired) electrons. The quantitative estimate of drug-likeness (QED) is 0.488. The summed E-state index contributed by atoms with van der Waals surface area (Å²) in [6, 6.07) is 4.88. The molecule has 0 saturated heterocycles. The van der Waals surface area contributed by atoms with Crippen molar-refractivity contribution in [3.05, 3.63) is 51.7 Å². The van der Waals surface area contributed by atoms with E-state index >= 15 is 0 Å². The molecule has 112 valence electrons. The number of methoxy groups -OCH3 is 1. The predicted molar refractivity (Wildman–Crippen MR) is 75.8 cm³/mol. The third-order valence-corrected chi connectivity index (χ3v) is 3.32. The molecule has 0 atom stereocenters. The van der Waals surface area contributed by atoms with Crippen LogP contribution in [-0.4, -0.2) is 27.4 Å². The van der Waals surface area contributed by atoms with E-state index in [4.69, 9.17) is 9.47 Å². The Labute approximate surface area is 124 Å². The zero-order valence-corrected chi connectivity index (χ0v) is 11.8. The minimum Gasteiger partial charge on any atom is -0.497 e. The van der Waals surface area contributed by atoms with Crippen LogP contribution in [0.2, 0.25) is 0 Å². The molecule has 0 saturated carbocycles. The summed E-state index contributed by atoms with van der Waals surface area (Å²) in [7, 11) is 3.01. The fourth-order valence-electron chi connectivity index (χ4n) is 2.13. The largest absolute Gasteiger partial charge is 0.497 e. The molecule has 1 aliphatic rings. The van der Waals surface area contributed by atoms with Crippen LogP contribution in [0.3, 0.4) is 0 Å². The molecule has 3 rings (SSSR count). The highest BCUT2D eigenvalue weighted by Crippen LogP contribution is 2.34. The molecule has 0 bridgehead atoms. The van der Waals surface area contributed by atoms with Crippen molar-refractivity contribution in [3.63, 3.8) is 0 Å². The van der Waals surface area contributed by atoms with E-state index in [1.807, 2.05) is 0 Å².